The van der Waals surface area contributed by atoms with Gasteiger partial charge in [-0.15, -0.1) is 0 Å². The third kappa shape index (κ3) is 5.51. The molecule has 5 nitrogen and oxygen atoms in total. The van der Waals surface area contributed by atoms with E-state index >= 15 is 0 Å². The number of nitrogens with zero attached hydrogens (tertiary/aromatic N) is 1. The molecule has 2 N–H and O–H groups in total. The van der Waals surface area contributed by atoms with Crippen LogP contribution in [0.5, 0.6) is 0 Å². The van der Waals surface area contributed by atoms with Crippen molar-refractivity contribution in [2.45, 2.75) is 38.3 Å². The predicted molar refractivity (Wildman–Crippen MR) is 103 cm³/mol. The zero-order valence-corrected chi connectivity index (χ0v) is 15.7. The highest BCUT2D eigenvalue weighted by molar-refractivity contribution is 6.30. The largest absolute Gasteiger partial charge is 0.468 e. The van der Waals surface area contributed by atoms with Crippen molar-refractivity contribution in [1.29, 1.82) is 0 Å². The third-order valence-electron chi connectivity index (χ3n) is 4.75. The molecule has 0 bridgehead atoms. The van der Waals surface area contributed by atoms with E-state index < -0.39 is 0 Å². The summed E-state index contributed by atoms with van der Waals surface area (Å²) in [7, 11) is 0. The lowest BCUT2D eigenvalue weighted by atomic mass is 10.1. The number of likely N-dealkylation sites (tertiary alicyclic amines) is 1. The van der Waals surface area contributed by atoms with Gasteiger partial charge >= 0.3 is 6.03 Å². The Bertz CT molecular complexity index is 682. The number of carbonyl (C=O) groups excluding carboxylic acids is 1. The van der Waals surface area contributed by atoms with Crippen LogP contribution in [0.4, 0.5) is 4.79 Å². The molecule has 2 amide bonds. The van der Waals surface area contributed by atoms with Crippen molar-refractivity contribution in [2.24, 2.45) is 0 Å². The molecule has 1 unspecified atom stereocenters. The van der Waals surface area contributed by atoms with Gasteiger partial charge in [-0.2, -0.15) is 0 Å². The van der Waals surface area contributed by atoms with Crippen molar-refractivity contribution in [3.63, 3.8) is 0 Å². The van der Waals surface area contributed by atoms with Crippen LogP contribution < -0.4 is 10.6 Å². The lowest BCUT2D eigenvalue weighted by molar-refractivity contribution is 0.175. The van der Waals surface area contributed by atoms with Gasteiger partial charge in [0.2, 0.25) is 0 Å². The average molecular weight is 376 g/mol. The molecule has 1 aliphatic rings. The molecule has 3 rings (SSSR count). The van der Waals surface area contributed by atoms with Crippen LogP contribution in [0, 0.1) is 0 Å². The number of nitrogens with one attached hydrogen (secondary N) is 2. The van der Waals surface area contributed by atoms with Crippen molar-refractivity contribution in [3.05, 3.63) is 59.0 Å². The van der Waals surface area contributed by atoms with E-state index in [0.717, 1.165) is 24.4 Å². The van der Waals surface area contributed by atoms with Crippen LogP contribution in [0.25, 0.3) is 0 Å². The van der Waals surface area contributed by atoms with E-state index in [1.54, 1.807) is 6.26 Å². The van der Waals surface area contributed by atoms with Crippen molar-refractivity contribution in [2.75, 3.05) is 19.6 Å². The van der Waals surface area contributed by atoms with E-state index in [-0.39, 0.29) is 12.1 Å². The van der Waals surface area contributed by atoms with E-state index in [1.165, 1.54) is 25.7 Å². The van der Waals surface area contributed by atoms with Gasteiger partial charge in [-0.1, -0.05) is 36.6 Å². The van der Waals surface area contributed by atoms with Gasteiger partial charge in [0, 0.05) is 18.1 Å². The van der Waals surface area contributed by atoms with Crippen LogP contribution in [0.3, 0.4) is 0 Å². The van der Waals surface area contributed by atoms with Gasteiger partial charge in [0.1, 0.15) is 5.76 Å². The minimum Gasteiger partial charge on any atom is -0.468 e. The summed E-state index contributed by atoms with van der Waals surface area (Å²) in [5.74, 6) is 0.905. The fourth-order valence-electron chi connectivity index (χ4n) is 3.38. The lowest BCUT2D eigenvalue weighted by Crippen LogP contribution is -2.42. The second-order valence-electron chi connectivity index (χ2n) is 6.67. The quantitative estimate of drug-likeness (QED) is 0.789. The number of hydrogen-bond acceptors (Lipinski definition) is 3. The Hall–Kier alpha value is -1.98. The molecule has 0 aliphatic carbocycles. The molecule has 1 fully saturated rings. The number of rotatable bonds is 6. The Morgan fingerprint density at radius 1 is 1.12 bits per heavy atom. The second-order valence-corrected chi connectivity index (χ2v) is 7.11. The first-order chi connectivity index (χ1) is 12.7. The summed E-state index contributed by atoms with van der Waals surface area (Å²) < 4.78 is 5.64. The highest BCUT2D eigenvalue weighted by Crippen LogP contribution is 2.24. The molecule has 2 aromatic rings. The summed E-state index contributed by atoms with van der Waals surface area (Å²) in [6.45, 7) is 3.05. The molecule has 26 heavy (non-hydrogen) atoms. The van der Waals surface area contributed by atoms with Crippen molar-refractivity contribution >= 4 is 17.6 Å². The summed E-state index contributed by atoms with van der Waals surface area (Å²) in [5, 5.41) is 6.54. The summed E-state index contributed by atoms with van der Waals surface area (Å²) in [6.07, 6.45) is 6.62. The van der Waals surface area contributed by atoms with Gasteiger partial charge in [-0.3, -0.25) is 4.90 Å². The van der Waals surface area contributed by atoms with Gasteiger partial charge < -0.3 is 15.1 Å². The van der Waals surface area contributed by atoms with Gasteiger partial charge in [-0.05, 0) is 55.8 Å². The Morgan fingerprint density at radius 2 is 1.92 bits per heavy atom. The number of urea groups is 1. The van der Waals surface area contributed by atoms with Crippen LogP contribution in [0.1, 0.15) is 43.0 Å². The van der Waals surface area contributed by atoms with E-state index in [9.17, 15) is 4.79 Å². The molecule has 2 heterocycles. The number of furan rings is 1. The summed E-state index contributed by atoms with van der Waals surface area (Å²) in [4.78, 5) is 14.6. The molecular formula is C20H26ClN3O2. The molecule has 1 aromatic heterocycles. The van der Waals surface area contributed by atoms with Crippen LogP contribution >= 0.6 is 11.6 Å². The van der Waals surface area contributed by atoms with Crippen LogP contribution in [-0.2, 0) is 6.54 Å². The zero-order chi connectivity index (χ0) is 18.2. The highest BCUT2D eigenvalue weighted by Gasteiger charge is 2.24. The van der Waals surface area contributed by atoms with Crippen molar-refractivity contribution in [3.8, 4) is 0 Å². The SMILES string of the molecule is O=C(NCc1cccc(Cl)c1)NCC(c1ccco1)N1CCCCCC1. The first-order valence-electron chi connectivity index (χ1n) is 9.26. The third-order valence-corrected chi connectivity index (χ3v) is 4.99. The molecule has 1 aromatic carbocycles. The van der Waals surface area contributed by atoms with E-state index in [4.69, 9.17) is 16.0 Å². The van der Waals surface area contributed by atoms with E-state index in [2.05, 4.69) is 15.5 Å². The van der Waals surface area contributed by atoms with Gasteiger partial charge in [-0.25, -0.2) is 4.79 Å². The van der Waals surface area contributed by atoms with Crippen molar-refractivity contribution < 1.29 is 9.21 Å². The Balaban J connectivity index is 1.54. The van der Waals surface area contributed by atoms with Crippen LogP contribution in [0.15, 0.2) is 47.1 Å². The maximum Gasteiger partial charge on any atom is 0.315 e. The molecule has 1 saturated heterocycles. The number of hydrogen-bond donors (Lipinski definition) is 2. The van der Waals surface area contributed by atoms with E-state index in [1.807, 2.05) is 36.4 Å². The molecule has 1 aliphatic heterocycles. The smallest absolute Gasteiger partial charge is 0.315 e. The fraction of sp³-hybridized carbons (Fsp3) is 0.450. The standard InChI is InChI=1S/C20H26ClN3O2/c21-17-8-5-7-16(13-17)14-22-20(25)23-15-18(19-9-6-12-26-19)24-10-3-1-2-4-11-24/h5-9,12-13,18H,1-4,10-11,14-15H2,(H2,22,23,25). The number of amides is 2. The minimum absolute atomic E-state index is 0.0695. The lowest BCUT2D eigenvalue weighted by Gasteiger charge is -2.29. The first kappa shape index (κ1) is 18.8. The number of halogens is 1. The Labute approximate surface area is 159 Å². The van der Waals surface area contributed by atoms with Gasteiger partial charge in [0.25, 0.3) is 0 Å². The molecule has 140 valence electrons. The minimum atomic E-state index is -0.184. The number of carbonyl (C=O) groups is 1. The molecular weight excluding hydrogens is 350 g/mol. The predicted octanol–water partition coefficient (Wildman–Crippen LogP) is 4.35. The summed E-state index contributed by atoms with van der Waals surface area (Å²) in [5.41, 5.74) is 0.975. The van der Waals surface area contributed by atoms with Gasteiger partial charge in [0.15, 0.2) is 0 Å². The molecule has 6 heteroatoms. The Morgan fingerprint density at radius 3 is 2.62 bits per heavy atom. The first-order valence-corrected chi connectivity index (χ1v) is 9.64. The zero-order valence-electron chi connectivity index (χ0n) is 14.9. The highest BCUT2D eigenvalue weighted by atomic mass is 35.5. The van der Waals surface area contributed by atoms with E-state index in [0.29, 0.717) is 18.1 Å². The summed E-state index contributed by atoms with van der Waals surface area (Å²) >= 11 is 5.98. The van der Waals surface area contributed by atoms with Gasteiger partial charge in [0.05, 0.1) is 12.3 Å². The Kier molecular flexibility index (Phi) is 6.97. The second kappa shape index (κ2) is 9.64. The molecule has 0 saturated carbocycles. The van der Waals surface area contributed by atoms with Crippen molar-refractivity contribution in [1.82, 2.24) is 15.5 Å². The summed E-state index contributed by atoms with van der Waals surface area (Å²) in [6, 6.07) is 11.3. The molecule has 0 radical (unpaired) electrons. The maximum absolute atomic E-state index is 12.2. The average Bonchev–Trinajstić information content (AvgIpc) is 3.03. The fourth-order valence-corrected chi connectivity index (χ4v) is 3.59. The molecule has 1 atom stereocenters. The monoisotopic (exact) mass is 375 g/mol. The van der Waals surface area contributed by atoms with Crippen LogP contribution in [0.2, 0.25) is 5.02 Å². The maximum atomic E-state index is 12.2. The normalized spacial score (nSPS) is 16.7. The molecule has 0 spiro atoms. The topological polar surface area (TPSA) is 57.5 Å². The van der Waals surface area contributed by atoms with Crippen LogP contribution in [-0.4, -0.2) is 30.6 Å². The number of benzene rings is 1.